The van der Waals surface area contributed by atoms with Crippen LogP contribution in [-0.4, -0.2) is 24.8 Å². The van der Waals surface area contributed by atoms with E-state index in [9.17, 15) is 4.79 Å². The minimum Gasteiger partial charge on any atom is -0.313 e. The summed E-state index contributed by atoms with van der Waals surface area (Å²) in [5.74, 6) is 0.769. The Kier molecular flexibility index (Phi) is 6.18. The Balaban J connectivity index is 1.42. The molecule has 2 N–H and O–H groups in total. The normalized spacial score (nSPS) is 15.5. The molecule has 0 aromatic heterocycles. The molecule has 136 valence electrons. The number of aryl methyl sites for hydroxylation is 3. The maximum absolute atomic E-state index is 12.3. The van der Waals surface area contributed by atoms with Gasteiger partial charge in [0.15, 0.2) is 0 Å². The number of benzene rings is 2. The van der Waals surface area contributed by atoms with Gasteiger partial charge in [0.25, 0.3) is 5.91 Å². The highest BCUT2D eigenvalue weighted by Gasteiger charge is 2.17. The van der Waals surface area contributed by atoms with E-state index in [1.807, 2.05) is 24.3 Å². The number of hydrogen-bond donors (Lipinski definition) is 2. The number of hydrogen-bond acceptors (Lipinski definition) is 3. The summed E-state index contributed by atoms with van der Waals surface area (Å²) < 4.78 is 0. The van der Waals surface area contributed by atoms with Crippen molar-refractivity contribution in [2.75, 3.05) is 13.1 Å². The first-order valence-electron chi connectivity index (χ1n) is 9.32. The average molecular weight is 349 g/mol. The van der Waals surface area contributed by atoms with Crippen molar-refractivity contribution in [2.24, 2.45) is 4.99 Å². The van der Waals surface area contributed by atoms with Crippen LogP contribution in [0.25, 0.3) is 0 Å². The molecule has 0 saturated carbocycles. The fourth-order valence-electron chi connectivity index (χ4n) is 3.41. The molecule has 1 aliphatic rings. The van der Waals surface area contributed by atoms with Gasteiger partial charge in [-0.25, -0.2) is 0 Å². The van der Waals surface area contributed by atoms with Crippen molar-refractivity contribution in [1.29, 1.82) is 0 Å². The number of carbonyl (C=O) groups is 1. The second-order valence-corrected chi connectivity index (χ2v) is 6.97. The molecule has 0 saturated heterocycles. The average Bonchev–Trinajstić information content (AvgIpc) is 2.77. The Bertz CT molecular complexity index is 791. The van der Waals surface area contributed by atoms with E-state index in [-0.39, 0.29) is 5.91 Å². The molecule has 26 heavy (non-hydrogen) atoms. The van der Waals surface area contributed by atoms with Crippen molar-refractivity contribution in [3.05, 3.63) is 70.3 Å². The van der Waals surface area contributed by atoms with Crippen LogP contribution in [-0.2, 0) is 13.0 Å². The highest BCUT2D eigenvalue weighted by Crippen LogP contribution is 2.14. The van der Waals surface area contributed by atoms with Crippen LogP contribution in [0.3, 0.4) is 0 Å². The summed E-state index contributed by atoms with van der Waals surface area (Å²) in [7, 11) is 0. The molecule has 0 fully saturated rings. The maximum Gasteiger partial charge on any atom is 0.256 e. The van der Waals surface area contributed by atoms with Crippen molar-refractivity contribution >= 4 is 11.7 Å². The van der Waals surface area contributed by atoms with E-state index in [1.165, 1.54) is 16.7 Å². The first kappa shape index (κ1) is 18.3. The van der Waals surface area contributed by atoms with E-state index in [1.54, 1.807) is 0 Å². The Labute approximate surface area is 155 Å². The monoisotopic (exact) mass is 349 g/mol. The molecular weight excluding hydrogens is 322 g/mol. The van der Waals surface area contributed by atoms with Crippen LogP contribution in [0, 0.1) is 13.8 Å². The molecule has 0 aliphatic carbocycles. The molecule has 0 atom stereocenters. The van der Waals surface area contributed by atoms with Crippen LogP contribution in [0.4, 0.5) is 0 Å². The minimum atomic E-state index is -0.0372. The van der Waals surface area contributed by atoms with Gasteiger partial charge in [-0.2, -0.15) is 0 Å². The number of amides is 1. The van der Waals surface area contributed by atoms with Crippen molar-refractivity contribution < 1.29 is 4.79 Å². The Morgan fingerprint density at radius 1 is 1.08 bits per heavy atom. The molecule has 3 rings (SSSR count). The lowest BCUT2D eigenvalue weighted by atomic mass is 10.0. The Hall–Kier alpha value is -2.46. The quantitative estimate of drug-likeness (QED) is 0.784. The number of aliphatic imine (C=N–C) groups is 1. The van der Waals surface area contributed by atoms with Gasteiger partial charge in [-0.3, -0.25) is 9.79 Å². The predicted octanol–water partition coefficient (Wildman–Crippen LogP) is 3.56. The number of nitrogens with zero attached hydrogens (tertiary/aromatic N) is 1. The second-order valence-electron chi connectivity index (χ2n) is 6.97. The summed E-state index contributed by atoms with van der Waals surface area (Å²) in [6.45, 7) is 6.78. The molecule has 0 bridgehead atoms. The smallest absolute Gasteiger partial charge is 0.256 e. The van der Waals surface area contributed by atoms with Crippen LogP contribution < -0.4 is 10.6 Å². The van der Waals surface area contributed by atoms with Gasteiger partial charge < -0.3 is 10.6 Å². The van der Waals surface area contributed by atoms with Gasteiger partial charge in [0.05, 0.1) is 0 Å². The third kappa shape index (κ3) is 5.02. The molecule has 1 heterocycles. The largest absolute Gasteiger partial charge is 0.313 e. The van der Waals surface area contributed by atoms with E-state index in [4.69, 9.17) is 0 Å². The Morgan fingerprint density at radius 2 is 1.85 bits per heavy atom. The number of amidine groups is 1. The fourth-order valence-corrected chi connectivity index (χ4v) is 3.41. The first-order valence-corrected chi connectivity index (χ1v) is 9.32. The van der Waals surface area contributed by atoms with Crippen molar-refractivity contribution in [3.8, 4) is 0 Å². The number of fused-ring (bicyclic) bond motifs is 1. The van der Waals surface area contributed by atoms with Gasteiger partial charge in [0, 0.05) is 25.1 Å². The lowest BCUT2D eigenvalue weighted by molar-refractivity contribution is 0.0977. The first-order chi connectivity index (χ1) is 12.6. The van der Waals surface area contributed by atoms with Crippen molar-refractivity contribution in [2.45, 2.75) is 39.7 Å². The van der Waals surface area contributed by atoms with Crippen LogP contribution in [0.1, 0.15) is 45.5 Å². The molecule has 4 nitrogen and oxygen atoms in total. The van der Waals surface area contributed by atoms with Gasteiger partial charge in [-0.05, 0) is 50.4 Å². The number of rotatable bonds is 6. The van der Waals surface area contributed by atoms with Crippen molar-refractivity contribution in [3.63, 3.8) is 0 Å². The van der Waals surface area contributed by atoms with E-state index in [0.717, 1.165) is 55.9 Å². The third-order valence-electron chi connectivity index (χ3n) is 4.58. The number of nitrogens with one attached hydrogen (secondary N) is 2. The molecule has 0 spiro atoms. The molecule has 0 unspecified atom stereocenters. The van der Waals surface area contributed by atoms with Crippen LogP contribution in [0.5, 0.6) is 0 Å². The predicted molar refractivity (Wildman–Crippen MR) is 107 cm³/mol. The summed E-state index contributed by atoms with van der Waals surface area (Å²) in [6.07, 6.45) is 2.61. The van der Waals surface area contributed by atoms with Crippen molar-refractivity contribution in [1.82, 2.24) is 10.6 Å². The minimum absolute atomic E-state index is 0.0372. The summed E-state index contributed by atoms with van der Waals surface area (Å²) in [5, 5.41) is 6.43. The van der Waals surface area contributed by atoms with E-state index < -0.39 is 0 Å². The highest BCUT2D eigenvalue weighted by molar-refractivity contribution is 6.08. The highest BCUT2D eigenvalue weighted by atomic mass is 16.1. The topological polar surface area (TPSA) is 53.5 Å². The lowest BCUT2D eigenvalue weighted by Crippen LogP contribution is -2.29. The summed E-state index contributed by atoms with van der Waals surface area (Å²) in [4.78, 5) is 16.9. The zero-order valence-corrected chi connectivity index (χ0v) is 15.6. The van der Waals surface area contributed by atoms with Crippen LogP contribution >= 0.6 is 0 Å². The Morgan fingerprint density at radius 3 is 2.65 bits per heavy atom. The molecule has 2 aromatic rings. The maximum atomic E-state index is 12.3. The molecule has 0 radical (unpaired) electrons. The second kappa shape index (κ2) is 8.77. The van der Waals surface area contributed by atoms with Gasteiger partial charge in [-0.1, -0.05) is 47.5 Å². The molecule has 4 heteroatoms. The fraction of sp³-hybridized carbons (Fsp3) is 0.364. The molecule has 2 aromatic carbocycles. The van der Waals surface area contributed by atoms with Gasteiger partial charge in [0.1, 0.15) is 5.84 Å². The summed E-state index contributed by atoms with van der Waals surface area (Å²) in [5.41, 5.74) is 5.80. The van der Waals surface area contributed by atoms with Gasteiger partial charge in [0.2, 0.25) is 0 Å². The van der Waals surface area contributed by atoms with E-state index in [0.29, 0.717) is 0 Å². The molecule has 1 aliphatic heterocycles. The van der Waals surface area contributed by atoms with Crippen LogP contribution in [0.15, 0.2) is 47.5 Å². The zero-order valence-electron chi connectivity index (χ0n) is 15.6. The zero-order chi connectivity index (χ0) is 18.4. The standard InChI is InChI=1S/C22H27N3O/c1-16-12-17(2)14-18(13-16)15-23-10-5-11-24-21-9-8-19-6-3-4-7-20(19)22(26)25-21/h3-4,6-7,12-14,23H,5,8-11,15H2,1-2H3,(H,24,25,26). The van der Waals surface area contributed by atoms with Gasteiger partial charge in [-0.15, -0.1) is 0 Å². The number of carbonyl (C=O) groups excluding carboxylic acids is 1. The lowest BCUT2D eigenvalue weighted by Gasteiger charge is -2.07. The SMILES string of the molecule is Cc1cc(C)cc(CNCCCN=C2CCc3ccccc3C(=O)N2)c1. The third-order valence-corrected chi connectivity index (χ3v) is 4.58. The van der Waals surface area contributed by atoms with Gasteiger partial charge >= 0.3 is 0 Å². The summed E-state index contributed by atoms with van der Waals surface area (Å²) >= 11 is 0. The van der Waals surface area contributed by atoms with Crippen LogP contribution in [0.2, 0.25) is 0 Å². The van der Waals surface area contributed by atoms with E-state index >= 15 is 0 Å². The summed E-state index contributed by atoms with van der Waals surface area (Å²) in [6, 6.07) is 14.4. The molecular formula is C22H27N3O. The molecule has 1 amide bonds. The van der Waals surface area contributed by atoms with E-state index in [2.05, 4.69) is 47.7 Å².